The molecule has 1 heterocycles. The maximum Gasteiger partial charge on any atom is 0.272 e. The lowest BCUT2D eigenvalue weighted by atomic mass is 10.1. The standard InChI is InChI=1S/C8H8ClF2N/c1-8(10,11)7-2-6(3-9)4-12-5-7/h2,4-5H,3H2,1H3. The minimum atomic E-state index is -2.84. The predicted molar refractivity (Wildman–Crippen MR) is 43.4 cm³/mol. The summed E-state index contributed by atoms with van der Waals surface area (Å²) in [5.74, 6) is -2.63. The fourth-order valence-electron chi connectivity index (χ4n) is 0.801. The van der Waals surface area contributed by atoms with Crippen molar-refractivity contribution in [1.29, 1.82) is 0 Å². The van der Waals surface area contributed by atoms with Crippen LogP contribution in [0.2, 0.25) is 0 Å². The Balaban J connectivity index is 3.02. The number of pyridine rings is 1. The van der Waals surface area contributed by atoms with Gasteiger partial charge >= 0.3 is 0 Å². The van der Waals surface area contributed by atoms with Gasteiger partial charge in [-0.2, -0.15) is 0 Å². The van der Waals surface area contributed by atoms with E-state index >= 15 is 0 Å². The molecule has 0 bridgehead atoms. The molecule has 1 aromatic heterocycles. The van der Waals surface area contributed by atoms with E-state index in [1.165, 1.54) is 12.3 Å². The van der Waals surface area contributed by atoms with Crippen LogP contribution in [-0.4, -0.2) is 4.98 Å². The second-order valence-electron chi connectivity index (χ2n) is 2.60. The molecule has 0 unspecified atom stereocenters. The molecule has 1 nitrogen and oxygen atoms in total. The fraction of sp³-hybridized carbons (Fsp3) is 0.375. The van der Waals surface area contributed by atoms with E-state index in [0.717, 1.165) is 13.1 Å². The topological polar surface area (TPSA) is 12.9 Å². The Morgan fingerprint density at radius 1 is 1.50 bits per heavy atom. The SMILES string of the molecule is CC(F)(F)c1cncc(CCl)c1. The number of hydrogen-bond acceptors (Lipinski definition) is 1. The first-order chi connectivity index (χ1) is 5.54. The van der Waals surface area contributed by atoms with E-state index in [4.69, 9.17) is 11.6 Å². The third kappa shape index (κ3) is 2.14. The van der Waals surface area contributed by atoms with Crippen molar-refractivity contribution >= 4 is 11.6 Å². The van der Waals surface area contributed by atoms with Crippen LogP contribution in [0.15, 0.2) is 18.5 Å². The summed E-state index contributed by atoms with van der Waals surface area (Å²) >= 11 is 5.46. The molecule has 0 radical (unpaired) electrons. The van der Waals surface area contributed by atoms with Gasteiger partial charge in [0, 0.05) is 30.8 Å². The van der Waals surface area contributed by atoms with Gasteiger partial charge in [-0.05, 0) is 11.6 Å². The Labute approximate surface area is 74.4 Å². The number of aromatic nitrogens is 1. The monoisotopic (exact) mass is 191 g/mol. The number of hydrogen-bond donors (Lipinski definition) is 0. The van der Waals surface area contributed by atoms with E-state index in [0.29, 0.717) is 5.56 Å². The summed E-state index contributed by atoms with van der Waals surface area (Å²) in [6, 6.07) is 1.36. The molecule has 0 saturated heterocycles. The first-order valence-electron chi connectivity index (χ1n) is 3.42. The molecule has 4 heteroatoms. The molecule has 66 valence electrons. The van der Waals surface area contributed by atoms with Crippen molar-refractivity contribution in [2.24, 2.45) is 0 Å². The number of halogens is 3. The highest BCUT2D eigenvalue weighted by atomic mass is 35.5. The highest BCUT2D eigenvalue weighted by Crippen LogP contribution is 2.26. The molecule has 0 aromatic carbocycles. The van der Waals surface area contributed by atoms with Crippen LogP contribution in [0, 0.1) is 0 Å². The van der Waals surface area contributed by atoms with E-state index in [2.05, 4.69) is 4.98 Å². The van der Waals surface area contributed by atoms with Gasteiger partial charge in [0.15, 0.2) is 0 Å². The van der Waals surface area contributed by atoms with E-state index in [9.17, 15) is 8.78 Å². The molecule has 0 N–H and O–H groups in total. The van der Waals surface area contributed by atoms with Gasteiger partial charge < -0.3 is 0 Å². The molecule has 0 fully saturated rings. The predicted octanol–water partition coefficient (Wildman–Crippen LogP) is 2.93. The lowest BCUT2D eigenvalue weighted by molar-refractivity contribution is 0.0170. The normalized spacial score (nSPS) is 11.7. The maximum absolute atomic E-state index is 12.7. The van der Waals surface area contributed by atoms with Gasteiger partial charge in [0.1, 0.15) is 0 Å². The van der Waals surface area contributed by atoms with Crippen molar-refractivity contribution in [2.45, 2.75) is 18.7 Å². The van der Waals surface area contributed by atoms with E-state index in [-0.39, 0.29) is 11.4 Å². The van der Waals surface area contributed by atoms with Crippen LogP contribution in [0.4, 0.5) is 8.78 Å². The Kier molecular flexibility index (Phi) is 2.62. The van der Waals surface area contributed by atoms with Crippen LogP contribution < -0.4 is 0 Å². The number of nitrogens with zero attached hydrogens (tertiary/aromatic N) is 1. The lowest BCUT2D eigenvalue weighted by Crippen LogP contribution is -2.07. The molecular formula is C8H8ClF2N. The molecule has 0 saturated carbocycles. The first-order valence-corrected chi connectivity index (χ1v) is 3.95. The van der Waals surface area contributed by atoms with Crippen molar-refractivity contribution in [3.05, 3.63) is 29.6 Å². The van der Waals surface area contributed by atoms with Crippen LogP contribution >= 0.6 is 11.6 Å². The van der Waals surface area contributed by atoms with Crippen LogP contribution in [-0.2, 0) is 11.8 Å². The molecule has 0 atom stereocenters. The minimum absolute atomic E-state index is 0.0966. The highest BCUT2D eigenvalue weighted by molar-refractivity contribution is 6.17. The summed E-state index contributed by atoms with van der Waals surface area (Å²) in [6.07, 6.45) is 2.62. The zero-order valence-corrected chi connectivity index (χ0v) is 7.28. The van der Waals surface area contributed by atoms with Crippen LogP contribution in [0.1, 0.15) is 18.1 Å². The Bertz CT molecular complexity index is 270. The van der Waals surface area contributed by atoms with Crippen molar-refractivity contribution < 1.29 is 8.78 Å². The minimum Gasteiger partial charge on any atom is -0.264 e. The van der Waals surface area contributed by atoms with Gasteiger partial charge in [-0.25, -0.2) is 8.78 Å². The first kappa shape index (κ1) is 9.39. The molecule has 12 heavy (non-hydrogen) atoms. The summed E-state index contributed by atoms with van der Waals surface area (Å²) in [4.78, 5) is 3.66. The van der Waals surface area contributed by atoms with Crippen molar-refractivity contribution in [2.75, 3.05) is 0 Å². The van der Waals surface area contributed by atoms with Crippen molar-refractivity contribution in [3.63, 3.8) is 0 Å². The van der Waals surface area contributed by atoms with E-state index in [1.54, 1.807) is 0 Å². The summed E-state index contributed by atoms with van der Waals surface area (Å²) < 4.78 is 25.4. The molecule has 0 amide bonds. The molecule has 0 aliphatic heterocycles. The molecule has 0 aliphatic carbocycles. The van der Waals surface area contributed by atoms with Crippen molar-refractivity contribution in [3.8, 4) is 0 Å². The average Bonchev–Trinajstić information content (AvgIpc) is 2.03. The molecule has 1 aromatic rings. The molecule has 0 spiro atoms. The van der Waals surface area contributed by atoms with E-state index in [1.807, 2.05) is 0 Å². The summed E-state index contributed by atoms with van der Waals surface area (Å²) in [6.45, 7) is 0.835. The molecule has 1 rings (SSSR count). The van der Waals surface area contributed by atoms with Crippen LogP contribution in [0.3, 0.4) is 0 Å². The third-order valence-electron chi connectivity index (χ3n) is 1.46. The average molecular weight is 192 g/mol. The smallest absolute Gasteiger partial charge is 0.264 e. The highest BCUT2D eigenvalue weighted by Gasteiger charge is 2.24. The number of alkyl halides is 3. The fourth-order valence-corrected chi connectivity index (χ4v) is 0.947. The van der Waals surface area contributed by atoms with Gasteiger partial charge in [0.2, 0.25) is 0 Å². The summed E-state index contributed by atoms with van der Waals surface area (Å²) in [7, 11) is 0. The van der Waals surface area contributed by atoms with Gasteiger partial charge in [0.05, 0.1) is 0 Å². The zero-order chi connectivity index (χ0) is 9.19. The van der Waals surface area contributed by atoms with Crippen LogP contribution in [0.25, 0.3) is 0 Å². The quantitative estimate of drug-likeness (QED) is 0.655. The van der Waals surface area contributed by atoms with E-state index < -0.39 is 5.92 Å². The summed E-state index contributed by atoms with van der Waals surface area (Å²) in [5.41, 5.74) is 0.511. The second-order valence-corrected chi connectivity index (χ2v) is 2.87. The molecule has 0 aliphatic rings. The number of rotatable bonds is 2. The van der Waals surface area contributed by atoms with Gasteiger partial charge in [-0.15, -0.1) is 11.6 Å². The lowest BCUT2D eigenvalue weighted by Gasteiger charge is -2.09. The second kappa shape index (κ2) is 3.35. The molecular weight excluding hydrogens is 184 g/mol. The Hall–Kier alpha value is -0.700. The third-order valence-corrected chi connectivity index (χ3v) is 1.76. The zero-order valence-electron chi connectivity index (χ0n) is 6.52. The van der Waals surface area contributed by atoms with Crippen LogP contribution in [0.5, 0.6) is 0 Å². The van der Waals surface area contributed by atoms with Crippen molar-refractivity contribution in [1.82, 2.24) is 4.98 Å². The maximum atomic E-state index is 12.7. The van der Waals surface area contributed by atoms with Gasteiger partial charge in [-0.3, -0.25) is 4.98 Å². The largest absolute Gasteiger partial charge is 0.272 e. The summed E-state index contributed by atoms with van der Waals surface area (Å²) in [5, 5.41) is 0. The Morgan fingerprint density at radius 3 is 2.67 bits per heavy atom. The Morgan fingerprint density at radius 2 is 2.17 bits per heavy atom. The van der Waals surface area contributed by atoms with Gasteiger partial charge in [-0.1, -0.05) is 0 Å². The van der Waals surface area contributed by atoms with Gasteiger partial charge in [0.25, 0.3) is 5.92 Å².